The number of aryl methyl sites for hydroxylation is 2. The van der Waals surface area contributed by atoms with Gasteiger partial charge in [-0.2, -0.15) is 9.13 Å². The molecule has 14 rings (SSSR count). The molecule has 0 bridgehead atoms. The third-order valence-corrected chi connectivity index (χ3v) is 17.8. The molecule has 0 unspecified atom stereocenters. The third-order valence-electron chi connectivity index (χ3n) is 13.8. The molecule has 78 heavy (non-hydrogen) atoms. The zero-order chi connectivity index (χ0) is 84.3. The zero-order valence-corrected chi connectivity index (χ0v) is 41.2. The molecule has 1 aliphatic rings. The van der Waals surface area contributed by atoms with Gasteiger partial charge in [0.1, 0.15) is 28.7 Å². The molecule has 0 aliphatic carbocycles. The average Bonchev–Trinajstić information content (AvgIpc) is 1.28. The van der Waals surface area contributed by atoms with Crippen molar-refractivity contribution in [3.05, 3.63) is 271 Å². The number of aromatic nitrogens is 4. The maximum Gasteiger partial charge on any atom is 0.255 e. The van der Waals surface area contributed by atoms with Crippen LogP contribution in [0, 0.1) is 13.7 Å². The van der Waals surface area contributed by atoms with Crippen molar-refractivity contribution >= 4 is 61.7 Å². The van der Waals surface area contributed by atoms with Gasteiger partial charge in [0.25, 0.3) is 6.33 Å². The molecule has 0 saturated carbocycles. The third kappa shape index (κ3) is 7.50. The SMILES string of the molecule is [2H]c1c([2H])c([2H])c([Si](c2c([2H])c([2H])c([2H])c([2H])c2[2H])(c2c([2H])c([2H])c([2H])c([2H])c2[2H])c2c([2H])c([2H])c3c(c2[2H])-c2cccc(C(C([2H])([2H])[2H])(C([2H])([2H])[2H])C([2H])([2H])[2H])c2-[n+]2cn(-c4cccc(Oc5ccc6c7ccccc7n(-c7cc(C([2H])([2H])[2H])c(C([2H])([2H])[2H])cn7)c6c5)c4)c4cccc(c42)-c2c([2H])c([2H])c([2H])c([2H])c2-3)c([2H])c1[2H]. The highest BCUT2D eigenvalue weighted by Gasteiger charge is 2.42. The molecule has 0 amide bonds. The molecular weight excluding hydrogens is 965 g/mol. The van der Waals surface area contributed by atoms with Crippen LogP contribution in [-0.2, 0) is 5.41 Å². The van der Waals surface area contributed by atoms with Crippen LogP contribution in [0.5, 0.6) is 11.5 Å². The van der Waals surface area contributed by atoms with E-state index >= 15 is 0 Å². The number of fused-ring (bicyclic) bond motifs is 10. The van der Waals surface area contributed by atoms with Crippen LogP contribution in [0.2, 0.25) is 0 Å². The molecule has 0 N–H and O–H groups in total. The Morgan fingerprint density at radius 3 is 1.87 bits per heavy atom. The number of pyridine rings is 1. The number of ether oxygens (including phenoxy) is 1. The Bertz CT molecular complexity index is 6140. The van der Waals surface area contributed by atoms with E-state index < -0.39 is 252 Å². The fourth-order valence-corrected chi connectivity index (χ4v) is 14.1. The fourth-order valence-electron chi connectivity index (χ4n) is 10.5. The predicted octanol–water partition coefficient (Wildman–Crippen LogP) is 14.8. The Hall–Kier alpha value is -9.36. The first-order valence-corrected chi connectivity index (χ1v) is 26.0. The summed E-state index contributed by atoms with van der Waals surface area (Å²) in [5.41, 5.74) is -10.9. The highest BCUT2D eigenvalue weighted by Crippen LogP contribution is 2.45. The van der Waals surface area contributed by atoms with Gasteiger partial charge in [-0.05, 0) is 122 Å². The zero-order valence-electron chi connectivity index (χ0n) is 77.2. The van der Waals surface area contributed by atoms with E-state index in [9.17, 15) is 38.4 Å². The molecule has 0 saturated heterocycles. The first-order chi connectivity index (χ1) is 53.5. The summed E-state index contributed by atoms with van der Waals surface area (Å²) >= 11 is 0. The molecule has 374 valence electrons. The highest BCUT2D eigenvalue weighted by molar-refractivity contribution is 7.20. The summed E-state index contributed by atoms with van der Waals surface area (Å²) in [6.07, 6.45) is 2.17. The van der Waals surface area contributed by atoms with Crippen LogP contribution < -0.4 is 30.1 Å². The molecule has 1 aliphatic heterocycles. The quantitative estimate of drug-likeness (QED) is 0.0864. The summed E-state index contributed by atoms with van der Waals surface area (Å²) in [6.45, 7) is -18.4. The summed E-state index contributed by atoms with van der Waals surface area (Å²) in [6, 6.07) is -1.50. The van der Waals surface area contributed by atoms with Crippen molar-refractivity contribution in [3.63, 3.8) is 0 Å². The van der Waals surface area contributed by atoms with Crippen LogP contribution in [0.4, 0.5) is 0 Å². The van der Waals surface area contributed by atoms with Crippen molar-refractivity contribution in [2.24, 2.45) is 0 Å². The van der Waals surface area contributed by atoms with E-state index in [0.717, 1.165) is 29.0 Å². The Morgan fingerprint density at radius 1 is 0.513 bits per heavy atom. The summed E-state index contributed by atoms with van der Waals surface area (Å²) in [5.74, 6) is 0.203. The first-order valence-electron chi connectivity index (χ1n) is 42.5. The van der Waals surface area contributed by atoms with Gasteiger partial charge in [-0.25, -0.2) is 4.98 Å². The van der Waals surface area contributed by atoms with Gasteiger partial charge in [-0.1, -0.05) is 202 Å². The topological polar surface area (TPSA) is 35.9 Å². The van der Waals surface area contributed by atoms with Crippen LogP contribution >= 0.6 is 0 Å². The van der Waals surface area contributed by atoms with E-state index in [1.165, 1.54) is 59.4 Å². The van der Waals surface area contributed by atoms with Crippen LogP contribution in [0.3, 0.4) is 0 Å². The van der Waals surface area contributed by atoms with Gasteiger partial charge >= 0.3 is 0 Å². The van der Waals surface area contributed by atoms with Gasteiger partial charge in [0.05, 0.1) is 41.2 Å². The summed E-state index contributed by atoms with van der Waals surface area (Å²) in [4.78, 5) is 4.47. The number of imidazole rings is 1. The number of hydrogen-bond donors (Lipinski definition) is 0. The molecule has 10 aromatic carbocycles. The van der Waals surface area contributed by atoms with Gasteiger partial charge in [-0.15, -0.1) is 0 Å². The average molecular weight is 1060 g/mol. The van der Waals surface area contributed by atoms with Crippen molar-refractivity contribution in [1.82, 2.24) is 14.1 Å². The van der Waals surface area contributed by atoms with Gasteiger partial charge < -0.3 is 4.74 Å². The summed E-state index contributed by atoms with van der Waals surface area (Å²) in [5, 5.41) is -3.77. The van der Waals surface area contributed by atoms with E-state index in [1.807, 2.05) is 0 Å². The second-order valence-corrected chi connectivity index (χ2v) is 21.7. The van der Waals surface area contributed by atoms with Crippen molar-refractivity contribution in [3.8, 4) is 62.1 Å². The van der Waals surface area contributed by atoms with Crippen molar-refractivity contribution < 1.29 is 60.0 Å². The number of para-hydroxylation sites is 3. The van der Waals surface area contributed by atoms with E-state index in [4.69, 9.17) is 17.1 Å². The van der Waals surface area contributed by atoms with Gasteiger partial charge in [0.15, 0.2) is 19.1 Å². The summed E-state index contributed by atoms with van der Waals surface area (Å²) < 4.78 is 357. The van der Waals surface area contributed by atoms with Gasteiger partial charge in [0, 0.05) is 66.4 Å². The van der Waals surface area contributed by atoms with Gasteiger partial charge in [0.2, 0.25) is 0 Å². The summed E-state index contributed by atoms with van der Waals surface area (Å²) in [7, 11) is -6.76. The van der Waals surface area contributed by atoms with E-state index in [2.05, 4.69) is 4.98 Å². The van der Waals surface area contributed by atoms with Crippen molar-refractivity contribution in [2.75, 3.05) is 0 Å². The second-order valence-electron chi connectivity index (χ2n) is 18.2. The molecule has 4 heterocycles. The number of rotatable bonds is 8. The lowest BCUT2D eigenvalue weighted by Gasteiger charge is -2.35. The lowest BCUT2D eigenvalue weighted by atomic mass is 9.82. The lowest BCUT2D eigenvalue weighted by molar-refractivity contribution is -0.567. The smallest absolute Gasteiger partial charge is 0.255 e. The minimum atomic E-state index is -6.76. The minimum Gasteiger partial charge on any atom is -0.457 e. The highest BCUT2D eigenvalue weighted by atomic mass is 28.3. The van der Waals surface area contributed by atoms with Crippen molar-refractivity contribution in [2.45, 2.75) is 39.7 Å². The largest absolute Gasteiger partial charge is 0.457 e. The van der Waals surface area contributed by atoms with E-state index in [1.54, 1.807) is 47.0 Å². The molecule has 6 heteroatoms. The molecule has 3 aromatic heterocycles. The molecule has 0 fully saturated rings. The molecule has 0 atom stereocenters. The Labute approximate surface area is 508 Å². The van der Waals surface area contributed by atoms with Crippen molar-refractivity contribution in [1.29, 1.82) is 0 Å². The van der Waals surface area contributed by atoms with E-state index in [-0.39, 0.29) is 39.6 Å². The monoisotopic (exact) mass is 1060 g/mol. The first kappa shape index (κ1) is 22.3. The minimum absolute atomic E-state index is 0.0298. The number of benzene rings is 10. The Kier molecular flexibility index (Phi) is 5.27. The maximum atomic E-state index is 11.3. The molecule has 13 aromatic rings. The maximum absolute atomic E-state index is 11.3. The van der Waals surface area contributed by atoms with Crippen LogP contribution in [0.1, 0.15) is 88.0 Å². The molecule has 5 nitrogen and oxygen atoms in total. The van der Waals surface area contributed by atoms with E-state index in [0.29, 0.717) is 21.8 Å². The van der Waals surface area contributed by atoms with Crippen LogP contribution in [0.15, 0.2) is 255 Å². The standard InChI is InChI=1S/C72H57N4OSi/c1-48-42-69(73-46-49(48)2)76-66-36-18-17-32-60(66)61-40-38-52(44-68(61)76)77-51-23-19-22-50(43-51)74-47-75-70-63(33-20-35-65(70)72(3,4)5)64-45-56(39-41-59(64)57-30-15-16-31-58(57)62-34-21-37-67(74)71(62)75)78(53-24-9-6-10-25-53,54-26-11-7-12-27-54)55-28-13-8-14-29-55/h6-47H,1-5H3/q+1/i1D3,2D3,3D3,4D3,5D3,6D,7D,8D,9D,10D,11D,12D,13D,14D,15D,16D,24D,25D,26D,27D,28D,29D,30D,31D,39D,41D,45D. The Balaban J connectivity index is 1.16. The normalized spacial score (nSPS) is 19.8. The van der Waals surface area contributed by atoms with Crippen LogP contribution in [0.25, 0.3) is 83.4 Å². The van der Waals surface area contributed by atoms with Gasteiger partial charge in [-0.3, -0.25) is 4.57 Å². The molecule has 0 spiro atoms. The Morgan fingerprint density at radius 2 is 1.14 bits per heavy atom. The van der Waals surface area contributed by atoms with Crippen LogP contribution in [-0.4, -0.2) is 22.2 Å². The fraction of sp³-hybridized carbons (Fsp3) is 0.0833. The second kappa shape index (κ2) is 18.4. The molecular formula is C72H57N4OSi+. The number of hydrogen-bond acceptors (Lipinski definition) is 2. The number of nitrogens with zero attached hydrogens (tertiary/aromatic N) is 4. The molecule has 0 radical (unpaired) electrons. The predicted molar refractivity (Wildman–Crippen MR) is 325 cm³/mol. The lowest BCUT2D eigenvalue weighted by Crippen LogP contribution is -2.74.